The zero-order valence-electron chi connectivity index (χ0n) is 30.2. The summed E-state index contributed by atoms with van der Waals surface area (Å²) < 4.78 is 0. The number of nitrogens with zero attached hydrogens (tertiary/aromatic N) is 2. The first-order valence-corrected chi connectivity index (χ1v) is 18.3. The Hall–Kier alpha value is -4.76. The predicted octanol–water partition coefficient (Wildman–Crippen LogP) is 13.3. The minimum absolute atomic E-state index is 0.563. The lowest BCUT2D eigenvalue weighted by Gasteiger charge is -2.16. The molecule has 0 amide bonds. The van der Waals surface area contributed by atoms with E-state index in [-0.39, 0.29) is 0 Å². The van der Waals surface area contributed by atoms with Crippen LogP contribution in [0.15, 0.2) is 108 Å². The summed E-state index contributed by atoms with van der Waals surface area (Å²) >= 11 is 0. The topological polar surface area (TPSA) is 51.3 Å². The van der Waals surface area contributed by atoms with E-state index < -0.39 is 0 Å². The van der Waals surface area contributed by atoms with Crippen molar-refractivity contribution in [1.29, 1.82) is 0 Å². The Labute approximate surface area is 293 Å². The molecule has 3 heteroatoms. The van der Waals surface area contributed by atoms with Crippen LogP contribution >= 0.6 is 0 Å². The molecule has 2 atom stereocenters. The van der Waals surface area contributed by atoms with Gasteiger partial charge in [0.15, 0.2) is 5.82 Å². The Morgan fingerprint density at radius 2 is 1.08 bits per heavy atom. The number of amidine groups is 1. The lowest BCUT2D eigenvalue weighted by molar-refractivity contribution is 0.665. The number of hydrogen-bond donors (Lipinski definition) is 1. The molecule has 0 spiro atoms. The molecular weight excluding hydrogens is 595 g/mol. The van der Waals surface area contributed by atoms with Gasteiger partial charge >= 0.3 is 0 Å². The highest BCUT2D eigenvalue weighted by molar-refractivity contribution is 6.12. The first kappa shape index (κ1) is 34.1. The number of hydrogen-bond acceptors (Lipinski definition) is 2. The summed E-state index contributed by atoms with van der Waals surface area (Å²) in [6.45, 7) is 13.5. The second kappa shape index (κ2) is 15.2. The lowest BCUT2D eigenvalue weighted by atomic mass is 9.89. The average molecular weight is 646 g/mol. The third kappa shape index (κ3) is 7.47. The van der Waals surface area contributed by atoms with Crippen LogP contribution in [0.2, 0.25) is 0 Å². The standard InChI is InChI=1S/C46H51N3/c1-7-12-30(4)33-17-21-35(22-18-33)38-26-39(36-23-19-34(20-24-36)31(5)13-8-2)28-40(27-38)37-25-32(6)45-43(29-37)41-15-10-11-16-42(41)46(49-45)48-44(47)14-9-3/h10-11,15-31H,7-9,12-14H2,1-6H3,(H2,47,48,49). The fraction of sp³-hybridized carbons (Fsp3) is 0.304. The van der Waals surface area contributed by atoms with Crippen LogP contribution in [0.3, 0.4) is 0 Å². The van der Waals surface area contributed by atoms with Crippen LogP contribution in [0.25, 0.3) is 55.1 Å². The number of pyridine rings is 1. The van der Waals surface area contributed by atoms with Crippen molar-refractivity contribution in [1.82, 2.24) is 4.98 Å². The van der Waals surface area contributed by atoms with Gasteiger partial charge in [-0.15, -0.1) is 0 Å². The highest BCUT2D eigenvalue weighted by Crippen LogP contribution is 2.39. The zero-order valence-corrected chi connectivity index (χ0v) is 30.2. The van der Waals surface area contributed by atoms with Crippen molar-refractivity contribution in [3.05, 3.63) is 120 Å². The Kier molecular flexibility index (Phi) is 10.6. The number of nitrogens with two attached hydrogens (primary N) is 1. The third-order valence-electron chi connectivity index (χ3n) is 10.1. The molecule has 5 aromatic carbocycles. The van der Waals surface area contributed by atoms with Crippen molar-refractivity contribution in [3.63, 3.8) is 0 Å². The highest BCUT2D eigenvalue weighted by Gasteiger charge is 2.15. The van der Waals surface area contributed by atoms with Crippen molar-refractivity contribution >= 4 is 33.3 Å². The molecule has 2 unspecified atom stereocenters. The molecule has 6 aromatic rings. The Balaban J connectivity index is 1.51. The maximum absolute atomic E-state index is 6.30. The summed E-state index contributed by atoms with van der Waals surface area (Å²) in [6.07, 6.45) is 6.51. The van der Waals surface area contributed by atoms with Gasteiger partial charge in [0.05, 0.1) is 5.52 Å². The molecule has 3 nitrogen and oxygen atoms in total. The molecule has 1 aromatic heterocycles. The molecule has 0 fully saturated rings. The molecular formula is C46H51N3. The van der Waals surface area contributed by atoms with Crippen LogP contribution in [0.1, 0.15) is 102 Å². The van der Waals surface area contributed by atoms with Gasteiger partial charge in [-0.3, -0.25) is 0 Å². The van der Waals surface area contributed by atoms with Crippen LogP contribution < -0.4 is 5.73 Å². The minimum atomic E-state index is 0.563. The first-order chi connectivity index (χ1) is 23.8. The number of aromatic nitrogens is 1. The van der Waals surface area contributed by atoms with Crippen LogP contribution in [-0.4, -0.2) is 10.8 Å². The van der Waals surface area contributed by atoms with Gasteiger partial charge in [-0.2, -0.15) is 0 Å². The smallest absolute Gasteiger partial charge is 0.162 e. The highest BCUT2D eigenvalue weighted by atomic mass is 15.0. The van der Waals surface area contributed by atoms with Gasteiger partial charge in [-0.25, -0.2) is 9.98 Å². The van der Waals surface area contributed by atoms with Crippen molar-refractivity contribution in [2.45, 2.75) is 91.9 Å². The summed E-state index contributed by atoms with van der Waals surface area (Å²) in [7, 11) is 0. The van der Waals surface area contributed by atoms with Gasteiger partial charge in [0.25, 0.3) is 0 Å². The van der Waals surface area contributed by atoms with Crippen molar-refractivity contribution < 1.29 is 0 Å². The second-order valence-corrected chi connectivity index (χ2v) is 13.9. The second-order valence-electron chi connectivity index (χ2n) is 13.9. The van der Waals surface area contributed by atoms with Gasteiger partial charge < -0.3 is 5.73 Å². The molecule has 6 rings (SSSR count). The SMILES string of the molecule is CCCC(N)=Nc1nc2c(C)cc(-c3cc(-c4ccc(C(C)CCC)cc4)cc(-c4ccc(C(C)CCC)cc4)c3)cc2c2ccccc12. The van der Waals surface area contributed by atoms with Crippen molar-refractivity contribution in [2.75, 3.05) is 0 Å². The number of benzene rings is 5. The Morgan fingerprint density at radius 1 is 0.592 bits per heavy atom. The van der Waals surface area contributed by atoms with E-state index in [2.05, 4.69) is 145 Å². The molecule has 2 N–H and O–H groups in total. The monoisotopic (exact) mass is 645 g/mol. The molecule has 1 heterocycles. The molecule has 49 heavy (non-hydrogen) atoms. The Morgan fingerprint density at radius 3 is 1.59 bits per heavy atom. The molecule has 0 aliphatic heterocycles. The maximum Gasteiger partial charge on any atom is 0.162 e. The van der Waals surface area contributed by atoms with E-state index in [0.29, 0.717) is 23.5 Å². The minimum Gasteiger partial charge on any atom is -0.387 e. The van der Waals surface area contributed by atoms with Crippen LogP contribution in [0.5, 0.6) is 0 Å². The van der Waals surface area contributed by atoms with Crippen LogP contribution in [-0.2, 0) is 0 Å². The lowest BCUT2D eigenvalue weighted by Crippen LogP contribution is -2.10. The molecule has 0 aliphatic rings. The fourth-order valence-corrected chi connectivity index (χ4v) is 7.25. The first-order valence-electron chi connectivity index (χ1n) is 18.3. The Bertz CT molecular complexity index is 2010. The average Bonchev–Trinajstić information content (AvgIpc) is 3.12. The number of aliphatic imine (C=N–C) groups is 1. The predicted molar refractivity (Wildman–Crippen MR) is 213 cm³/mol. The summed E-state index contributed by atoms with van der Waals surface area (Å²) in [4.78, 5) is 9.87. The van der Waals surface area contributed by atoms with E-state index in [9.17, 15) is 0 Å². The zero-order chi connectivity index (χ0) is 34.5. The normalized spacial score (nSPS) is 13.2. The molecule has 0 saturated carbocycles. The summed E-state index contributed by atoms with van der Waals surface area (Å²) in [5, 5.41) is 3.30. The van der Waals surface area contributed by atoms with Crippen LogP contribution in [0, 0.1) is 6.92 Å². The van der Waals surface area contributed by atoms with E-state index in [1.165, 1.54) is 70.2 Å². The summed E-state index contributed by atoms with van der Waals surface area (Å²) in [6, 6.07) is 38.6. The van der Waals surface area contributed by atoms with Gasteiger partial charge in [0.2, 0.25) is 0 Å². The number of aryl methyl sites for hydroxylation is 1. The van der Waals surface area contributed by atoms with Gasteiger partial charge in [-0.05, 0) is 124 Å². The molecule has 0 aliphatic carbocycles. The fourth-order valence-electron chi connectivity index (χ4n) is 7.25. The summed E-state index contributed by atoms with van der Waals surface area (Å²) in [5.41, 5.74) is 18.5. The van der Waals surface area contributed by atoms with E-state index in [1.54, 1.807) is 0 Å². The van der Waals surface area contributed by atoms with Gasteiger partial charge in [-0.1, -0.05) is 120 Å². The molecule has 0 radical (unpaired) electrons. The quantitative estimate of drug-likeness (QED) is 0.0818. The van der Waals surface area contributed by atoms with E-state index >= 15 is 0 Å². The molecule has 250 valence electrons. The van der Waals surface area contributed by atoms with E-state index in [1.807, 2.05) is 0 Å². The van der Waals surface area contributed by atoms with Crippen LogP contribution in [0.4, 0.5) is 5.82 Å². The van der Waals surface area contributed by atoms with Gasteiger partial charge in [0.1, 0.15) is 5.84 Å². The third-order valence-corrected chi connectivity index (χ3v) is 10.1. The van der Waals surface area contributed by atoms with E-state index in [4.69, 9.17) is 15.7 Å². The number of rotatable bonds is 12. The van der Waals surface area contributed by atoms with Gasteiger partial charge in [0, 0.05) is 17.2 Å². The van der Waals surface area contributed by atoms with Crippen molar-refractivity contribution in [3.8, 4) is 33.4 Å². The molecule has 0 saturated heterocycles. The largest absolute Gasteiger partial charge is 0.387 e. The maximum atomic E-state index is 6.30. The van der Waals surface area contributed by atoms with Crippen molar-refractivity contribution in [2.24, 2.45) is 10.7 Å². The van der Waals surface area contributed by atoms with E-state index in [0.717, 1.165) is 40.1 Å². The molecule has 0 bridgehead atoms. The summed E-state index contributed by atoms with van der Waals surface area (Å²) in [5.74, 6) is 2.45. The number of fused-ring (bicyclic) bond motifs is 3.